The molecule has 0 bridgehead atoms. The molecule has 0 spiro atoms. The van der Waals surface area contributed by atoms with Gasteiger partial charge in [-0.15, -0.1) is 0 Å². The number of fused-ring (bicyclic) bond motifs is 1. The average molecular weight is 212 g/mol. The largest absolute Gasteiger partial charge is 0.289 e. The van der Waals surface area contributed by atoms with Gasteiger partial charge in [0.1, 0.15) is 0 Å². The van der Waals surface area contributed by atoms with E-state index in [1.54, 1.807) is 0 Å². The molecule has 1 fully saturated rings. The van der Waals surface area contributed by atoms with Crippen molar-refractivity contribution in [2.45, 2.75) is 32.1 Å². The molecule has 1 saturated carbocycles. The maximum absolute atomic E-state index is 12.2. The van der Waals surface area contributed by atoms with E-state index in [9.17, 15) is 4.79 Å². The first kappa shape index (κ1) is 9.83. The van der Waals surface area contributed by atoms with Gasteiger partial charge in [0, 0.05) is 5.56 Å². The zero-order chi connectivity index (χ0) is 11.0. The van der Waals surface area contributed by atoms with Gasteiger partial charge in [-0.3, -0.25) is 4.79 Å². The molecule has 1 aromatic rings. The van der Waals surface area contributed by atoms with Gasteiger partial charge < -0.3 is 0 Å². The van der Waals surface area contributed by atoms with Gasteiger partial charge in [0.25, 0.3) is 0 Å². The van der Waals surface area contributed by atoms with Crippen LogP contribution in [0.2, 0.25) is 0 Å². The van der Waals surface area contributed by atoms with E-state index < -0.39 is 0 Å². The monoisotopic (exact) mass is 212 g/mol. The van der Waals surface area contributed by atoms with Crippen molar-refractivity contribution >= 4 is 5.78 Å². The predicted molar refractivity (Wildman–Crippen MR) is 64.5 cm³/mol. The minimum atomic E-state index is 0.272. The van der Waals surface area contributed by atoms with Crippen molar-refractivity contribution in [3.63, 3.8) is 0 Å². The highest BCUT2D eigenvalue weighted by Gasteiger charge is 2.23. The van der Waals surface area contributed by atoms with Crippen LogP contribution in [-0.4, -0.2) is 5.78 Å². The van der Waals surface area contributed by atoms with Crippen LogP contribution >= 0.6 is 0 Å². The highest BCUT2D eigenvalue weighted by atomic mass is 16.1. The highest BCUT2D eigenvalue weighted by Crippen LogP contribution is 2.32. The van der Waals surface area contributed by atoms with E-state index in [1.807, 2.05) is 18.2 Å². The Kier molecular flexibility index (Phi) is 2.39. The molecule has 3 rings (SSSR count). The molecule has 0 N–H and O–H groups in total. The van der Waals surface area contributed by atoms with E-state index in [1.165, 1.54) is 24.8 Å². The molecular formula is C15H16O. The number of rotatable bonds is 1. The molecule has 1 nitrogen and oxygen atoms in total. The number of aryl methyl sites for hydroxylation is 1. The summed E-state index contributed by atoms with van der Waals surface area (Å²) in [6, 6.07) is 8.02. The fraction of sp³-hybridized carbons (Fsp3) is 0.400. The molecule has 0 heterocycles. The number of carbonyl (C=O) groups excluding carboxylic acids is 1. The number of benzene rings is 1. The van der Waals surface area contributed by atoms with Crippen molar-refractivity contribution in [3.05, 3.63) is 47.0 Å². The molecule has 0 radical (unpaired) electrons. The van der Waals surface area contributed by atoms with Gasteiger partial charge in [0.15, 0.2) is 5.78 Å². The van der Waals surface area contributed by atoms with Crippen LogP contribution in [0.5, 0.6) is 0 Å². The normalized spacial score (nSPS) is 23.0. The molecule has 0 atom stereocenters. The second kappa shape index (κ2) is 3.89. The first-order valence-electron chi connectivity index (χ1n) is 6.18. The molecule has 0 unspecified atom stereocenters. The maximum Gasteiger partial charge on any atom is 0.188 e. The van der Waals surface area contributed by atoms with E-state index in [-0.39, 0.29) is 5.78 Å². The van der Waals surface area contributed by atoms with Gasteiger partial charge in [-0.2, -0.15) is 0 Å². The third-order valence-electron chi connectivity index (χ3n) is 3.80. The van der Waals surface area contributed by atoms with Crippen molar-refractivity contribution in [1.82, 2.24) is 0 Å². The Morgan fingerprint density at radius 2 is 1.94 bits per heavy atom. The molecule has 16 heavy (non-hydrogen) atoms. The highest BCUT2D eigenvalue weighted by molar-refractivity contribution is 6.10. The summed E-state index contributed by atoms with van der Waals surface area (Å²) in [4.78, 5) is 12.2. The number of ketones is 1. The minimum Gasteiger partial charge on any atom is -0.289 e. The van der Waals surface area contributed by atoms with Crippen LogP contribution in [0.25, 0.3) is 0 Å². The second-order valence-electron chi connectivity index (χ2n) is 4.87. The number of carbonyl (C=O) groups is 1. The summed E-state index contributed by atoms with van der Waals surface area (Å²) in [5, 5.41) is 0. The molecule has 1 aromatic carbocycles. The quantitative estimate of drug-likeness (QED) is 0.651. The first-order chi connectivity index (χ1) is 7.84. The zero-order valence-electron chi connectivity index (χ0n) is 9.41. The van der Waals surface area contributed by atoms with Crippen LogP contribution in [0, 0.1) is 5.92 Å². The fourth-order valence-electron chi connectivity index (χ4n) is 2.57. The topological polar surface area (TPSA) is 17.1 Å². The Morgan fingerprint density at radius 1 is 1.12 bits per heavy atom. The standard InChI is InChI=1S/C15H16O/c16-15-13(10-11-4-3-5-11)9-8-12-6-1-2-7-14(12)15/h1-2,6-7,10-11H,3-5,8-9H2. The van der Waals surface area contributed by atoms with E-state index in [0.29, 0.717) is 5.92 Å². The van der Waals surface area contributed by atoms with E-state index in [0.717, 1.165) is 24.0 Å². The van der Waals surface area contributed by atoms with Crippen LogP contribution < -0.4 is 0 Å². The molecule has 0 saturated heterocycles. The lowest BCUT2D eigenvalue weighted by atomic mass is 9.80. The van der Waals surface area contributed by atoms with Crippen LogP contribution in [0.4, 0.5) is 0 Å². The van der Waals surface area contributed by atoms with Gasteiger partial charge in [-0.05, 0) is 42.7 Å². The lowest BCUT2D eigenvalue weighted by Crippen LogP contribution is -2.17. The van der Waals surface area contributed by atoms with Gasteiger partial charge >= 0.3 is 0 Å². The Balaban J connectivity index is 1.91. The van der Waals surface area contributed by atoms with Crippen LogP contribution in [-0.2, 0) is 6.42 Å². The van der Waals surface area contributed by atoms with E-state index in [2.05, 4.69) is 12.1 Å². The van der Waals surface area contributed by atoms with Crippen molar-refractivity contribution in [2.24, 2.45) is 5.92 Å². The maximum atomic E-state index is 12.2. The number of Topliss-reactive ketones (excluding diaryl/α,β-unsaturated/α-hetero) is 1. The number of hydrogen-bond donors (Lipinski definition) is 0. The molecule has 1 heteroatoms. The molecule has 0 aromatic heterocycles. The molecule has 0 aliphatic heterocycles. The SMILES string of the molecule is O=C1C(=CC2CCC2)CCc2ccccc21. The summed E-state index contributed by atoms with van der Waals surface area (Å²) < 4.78 is 0. The van der Waals surface area contributed by atoms with Crippen LogP contribution in [0.1, 0.15) is 41.6 Å². The summed E-state index contributed by atoms with van der Waals surface area (Å²) in [7, 11) is 0. The summed E-state index contributed by atoms with van der Waals surface area (Å²) in [6.07, 6.45) is 8.09. The summed E-state index contributed by atoms with van der Waals surface area (Å²) >= 11 is 0. The van der Waals surface area contributed by atoms with Crippen molar-refractivity contribution in [2.75, 3.05) is 0 Å². The third kappa shape index (κ3) is 1.60. The summed E-state index contributed by atoms with van der Waals surface area (Å²) in [5.74, 6) is 0.956. The number of allylic oxidation sites excluding steroid dienone is 2. The lowest BCUT2D eigenvalue weighted by Gasteiger charge is -2.25. The van der Waals surface area contributed by atoms with Crippen LogP contribution in [0.3, 0.4) is 0 Å². The fourth-order valence-corrected chi connectivity index (χ4v) is 2.57. The Labute approximate surface area is 96.2 Å². The van der Waals surface area contributed by atoms with Gasteiger partial charge in [-0.25, -0.2) is 0 Å². The molecule has 82 valence electrons. The van der Waals surface area contributed by atoms with Gasteiger partial charge in [-0.1, -0.05) is 36.8 Å². The van der Waals surface area contributed by atoms with Crippen LogP contribution in [0.15, 0.2) is 35.9 Å². The summed E-state index contributed by atoms with van der Waals surface area (Å²) in [5.41, 5.74) is 3.21. The van der Waals surface area contributed by atoms with Crippen molar-refractivity contribution < 1.29 is 4.79 Å². The minimum absolute atomic E-state index is 0.272. The van der Waals surface area contributed by atoms with E-state index in [4.69, 9.17) is 0 Å². The Morgan fingerprint density at radius 3 is 2.69 bits per heavy atom. The molecule has 2 aliphatic carbocycles. The second-order valence-corrected chi connectivity index (χ2v) is 4.87. The van der Waals surface area contributed by atoms with Crippen molar-refractivity contribution in [1.29, 1.82) is 0 Å². The molecule has 2 aliphatic rings. The zero-order valence-corrected chi connectivity index (χ0v) is 9.41. The third-order valence-corrected chi connectivity index (χ3v) is 3.80. The molecular weight excluding hydrogens is 196 g/mol. The Bertz CT molecular complexity index is 452. The number of hydrogen-bond acceptors (Lipinski definition) is 1. The Hall–Kier alpha value is -1.37. The van der Waals surface area contributed by atoms with Gasteiger partial charge in [0.2, 0.25) is 0 Å². The average Bonchev–Trinajstić information content (AvgIpc) is 2.26. The lowest BCUT2D eigenvalue weighted by molar-refractivity contribution is 0.102. The molecule has 0 amide bonds. The van der Waals surface area contributed by atoms with Crippen molar-refractivity contribution in [3.8, 4) is 0 Å². The summed E-state index contributed by atoms with van der Waals surface area (Å²) in [6.45, 7) is 0. The van der Waals surface area contributed by atoms with E-state index >= 15 is 0 Å². The first-order valence-corrected chi connectivity index (χ1v) is 6.18. The smallest absolute Gasteiger partial charge is 0.188 e. The van der Waals surface area contributed by atoms with Gasteiger partial charge in [0.05, 0.1) is 0 Å². The predicted octanol–water partition coefficient (Wildman–Crippen LogP) is 3.54.